The van der Waals surface area contributed by atoms with Crippen LogP contribution in [0.15, 0.2) is 12.7 Å². The van der Waals surface area contributed by atoms with Crippen molar-refractivity contribution in [2.45, 2.75) is 0 Å². The first-order valence-corrected chi connectivity index (χ1v) is 3.92. The minimum absolute atomic E-state index is 0. The van der Waals surface area contributed by atoms with Crippen LogP contribution in [-0.4, -0.2) is 54.3 Å². The summed E-state index contributed by atoms with van der Waals surface area (Å²) in [5.41, 5.74) is 0. The van der Waals surface area contributed by atoms with Crippen LogP contribution in [0.25, 0.3) is 0 Å². The van der Waals surface area contributed by atoms with E-state index in [1.807, 2.05) is 5.32 Å². The molecule has 0 fully saturated rings. The van der Waals surface area contributed by atoms with Gasteiger partial charge in [-0.1, -0.05) is 6.58 Å². The quantitative estimate of drug-likeness (QED) is 0.321. The maximum atomic E-state index is 10.3. The molecule has 0 aliphatic rings. The third-order valence-corrected chi connectivity index (χ3v) is 1.12. The molecule has 2 N–H and O–H groups in total. The van der Waals surface area contributed by atoms with Crippen molar-refractivity contribution in [3.63, 3.8) is 0 Å². The summed E-state index contributed by atoms with van der Waals surface area (Å²) in [6.45, 7) is 3.07. The molecule has 0 saturated carbocycles. The van der Waals surface area contributed by atoms with Crippen molar-refractivity contribution >= 4 is 45.6 Å². The molecule has 0 aromatic rings. The predicted molar refractivity (Wildman–Crippen MR) is 41.9 cm³/mol. The Morgan fingerprint density at radius 1 is 1.64 bits per heavy atom. The van der Waals surface area contributed by atoms with E-state index in [-0.39, 0.29) is 29.6 Å². The molecule has 0 bridgehead atoms. The summed E-state index contributed by atoms with van der Waals surface area (Å²) in [7, 11) is -4.11. The molecular formula is C4H8NNaO4S. The SMILES string of the molecule is C=CC(=O)NCS(=O)(=O)O.[NaH]. The first kappa shape index (κ1) is 13.7. The van der Waals surface area contributed by atoms with Crippen LogP contribution in [0.5, 0.6) is 0 Å². The van der Waals surface area contributed by atoms with E-state index in [4.69, 9.17) is 4.55 Å². The van der Waals surface area contributed by atoms with Gasteiger partial charge in [0.25, 0.3) is 10.1 Å². The molecule has 7 heteroatoms. The fourth-order valence-corrected chi connectivity index (χ4v) is 0.559. The van der Waals surface area contributed by atoms with Crippen LogP contribution in [0.4, 0.5) is 0 Å². The summed E-state index contributed by atoms with van der Waals surface area (Å²) >= 11 is 0. The van der Waals surface area contributed by atoms with Gasteiger partial charge in [0.05, 0.1) is 0 Å². The molecule has 0 radical (unpaired) electrons. The van der Waals surface area contributed by atoms with E-state index in [0.717, 1.165) is 6.08 Å². The molecule has 0 spiro atoms. The molecule has 0 aliphatic heterocycles. The standard InChI is InChI=1S/C4H7NO4S.Na.H/c1-2-4(6)5-3-10(7,8)9;;/h2H,1,3H2,(H,5,6)(H,7,8,9);;. The monoisotopic (exact) mass is 189 g/mol. The average molecular weight is 189 g/mol. The molecule has 1 amide bonds. The fraction of sp³-hybridized carbons (Fsp3) is 0.250. The van der Waals surface area contributed by atoms with Gasteiger partial charge >= 0.3 is 29.6 Å². The van der Waals surface area contributed by atoms with Crippen molar-refractivity contribution in [2.24, 2.45) is 0 Å². The second kappa shape index (κ2) is 5.73. The average Bonchev–Trinajstić information content (AvgIpc) is 1.81. The number of carbonyl (C=O) groups is 1. The number of nitrogens with one attached hydrogen (secondary N) is 1. The summed E-state index contributed by atoms with van der Waals surface area (Å²) in [6.07, 6.45) is 0.908. The number of rotatable bonds is 3. The Hall–Kier alpha value is 0.120. The first-order chi connectivity index (χ1) is 4.45. The minimum atomic E-state index is -4.11. The van der Waals surface area contributed by atoms with E-state index >= 15 is 0 Å². The van der Waals surface area contributed by atoms with Crippen LogP contribution in [0, 0.1) is 0 Å². The number of carbonyl (C=O) groups excluding carboxylic acids is 1. The second-order valence-corrected chi connectivity index (χ2v) is 2.92. The van der Waals surface area contributed by atoms with Crippen LogP contribution < -0.4 is 5.32 Å². The van der Waals surface area contributed by atoms with Crippen LogP contribution in [0.2, 0.25) is 0 Å². The van der Waals surface area contributed by atoms with Crippen molar-refractivity contribution in [2.75, 3.05) is 5.88 Å². The Labute approximate surface area is 86.9 Å². The molecule has 0 rings (SSSR count). The predicted octanol–water partition coefficient (Wildman–Crippen LogP) is -1.51. The molecular weight excluding hydrogens is 181 g/mol. The summed E-state index contributed by atoms with van der Waals surface area (Å²) in [6, 6.07) is 0. The van der Waals surface area contributed by atoms with E-state index in [1.165, 1.54) is 0 Å². The van der Waals surface area contributed by atoms with Crippen molar-refractivity contribution in [3.8, 4) is 0 Å². The summed E-state index contributed by atoms with van der Waals surface area (Å²) in [5.74, 6) is -1.42. The number of hydrogen-bond acceptors (Lipinski definition) is 3. The first-order valence-electron chi connectivity index (χ1n) is 2.31. The van der Waals surface area contributed by atoms with Gasteiger partial charge in [0, 0.05) is 0 Å². The molecule has 0 heterocycles. The molecule has 0 aliphatic carbocycles. The Morgan fingerprint density at radius 2 is 2.09 bits per heavy atom. The van der Waals surface area contributed by atoms with Gasteiger partial charge in [-0.2, -0.15) is 8.42 Å². The fourth-order valence-electron chi connectivity index (χ4n) is 0.234. The zero-order valence-electron chi connectivity index (χ0n) is 5.07. The van der Waals surface area contributed by atoms with Crippen molar-refractivity contribution in [3.05, 3.63) is 12.7 Å². The van der Waals surface area contributed by atoms with Gasteiger partial charge in [-0.3, -0.25) is 9.35 Å². The zero-order chi connectivity index (χ0) is 8.20. The summed E-state index contributed by atoms with van der Waals surface area (Å²) in [5, 5.41) is 1.88. The maximum absolute atomic E-state index is 10.3. The molecule has 0 atom stereocenters. The van der Waals surface area contributed by atoms with Gasteiger partial charge in [0.2, 0.25) is 5.91 Å². The van der Waals surface area contributed by atoms with Gasteiger partial charge in [-0.15, -0.1) is 0 Å². The Bertz CT molecular complexity index is 234. The Morgan fingerprint density at radius 3 is 2.36 bits per heavy atom. The second-order valence-electron chi connectivity index (χ2n) is 1.47. The van der Waals surface area contributed by atoms with Crippen molar-refractivity contribution < 1.29 is 17.8 Å². The van der Waals surface area contributed by atoms with Gasteiger partial charge in [-0.25, -0.2) is 0 Å². The van der Waals surface area contributed by atoms with Crippen molar-refractivity contribution in [1.29, 1.82) is 0 Å². The van der Waals surface area contributed by atoms with E-state index in [2.05, 4.69) is 6.58 Å². The van der Waals surface area contributed by atoms with Gasteiger partial charge in [0.1, 0.15) is 5.88 Å². The third-order valence-electron chi connectivity index (χ3n) is 0.614. The van der Waals surface area contributed by atoms with E-state index in [0.29, 0.717) is 0 Å². The number of amides is 1. The van der Waals surface area contributed by atoms with Gasteiger partial charge < -0.3 is 5.32 Å². The molecule has 5 nitrogen and oxygen atoms in total. The summed E-state index contributed by atoms with van der Waals surface area (Å²) < 4.78 is 28.0. The van der Waals surface area contributed by atoms with Crippen LogP contribution in [0.1, 0.15) is 0 Å². The van der Waals surface area contributed by atoms with E-state index in [9.17, 15) is 13.2 Å². The van der Waals surface area contributed by atoms with Crippen LogP contribution >= 0.6 is 0 Å². The van der Waals surface area contributed by atoms with Gasteiger partial charge in [0.15, 0.2) is 0 Å². The Balaban J connectivity index is 0. The normalized spacial score (nSPS) is 9.55. The molecule has 0 saturated heterocycles. The zero-order valence-corrected chi connectivity index (χ0v) is 5.89. The molecule has 0 unspecified atom stereocenters. The Kier molecular flexibility index (Phi) is 7.13. The molecule has 0 aromatic carbocycles. The molecule has 60 valence electrons. The topological polar surface area (TPSA) is 83.5 Å². The van der Waals surface area contributed by atoms with E-state index in [1.54, 1.807) is 0 Å². The van der Waals surface area contributed by atoms with Gasteiger partial charge in [-0.05, 0) is 6.08 Å². The number of hydrogen-bond donors (Lipinski definition) is 2. The van der Waals surface area contributed by atoms with Crippen LogP contribution in [-0.2, 0) is 14.9 Å². The molecule has 0 aromatic heterocycles. The summed E-state index contributed by atoms with van der Waals surface area (Å²) in [4.78, 5) is 10.3. The molecule has 11 heavy (non-hydrogen) atoms. The third kappa shape index (κ3) is 10.1. The van der Waals surface area contributed by atoms with Crippen LogP contribution in [0.3, 0.4) is 0 Å². The van der Waals surface area contributed by atoms with Crippen molar-refractivity contribution in [1.82, 2.24) is 5.32 Å². The van der Waals surface area contributed by atoms with E-state index < -0.39 is 21.9 Å².